The van der Waals surface area contributed by atoms with Gasteiger partial charge in [0.15, 0.2) is 6.10 Å². The van der Waals surface area contributed by atoms with E-state index >= 15 is 0 Å². The van der Waals surface area contributed by atoms with Gasteiger partial charge in [-0.15, -0.1) is 0 Å². The monoisotopic (exact) mass is 422 g/mol. The number of benzene rings is 2. The summed E-state index contributed by atoms with van der Waals surface area (Å²) in [7, 11) is 1.58. The minimum absolute atomic E-state index is 0.108. The van der Waals surface area contributed by atoms with E-state index in [1.165, 1.54) is 0 Å². The Morgan fingerprint density at radius 3 is 2.42 bits per heavy atom. The van der Waals surface area contributed by atoms with Crippen LogP contribution in [0.15, 0.2) is 52.9 Å². The molecule has 1 fully saturated rings. The van der Waals surface area contributed by atoms with Gasteiger partial charge in [0.1, 0.15) is 11.3 Å². The lowest BCUT2D eigenvalue weighted by molar-refractivity contribution is -0.140. The van der Waals surface area contributed by atoms with Gasteiger partial charge in [-0.3, -0.25) is 4.79 Å². The van der Waals surface area contributed by atoms with Crippen LogP contribution in [0.4, 0.5) is 5.69 Å². The molecule has 7 heteroatoms. The second-order valence-electron chi connectivity index (χ2n) is 7.61. The highest BCUT2D eigenvalue weighted by Crippen LogP contribution is 2.29. The molecule has 0 N–H and O–H groups in total. The molecule has 1 saturated heterocycles. The first kappa shape index (κ1) is 20.8. The first-order valence-electron chi connectivity index (χ1n) is 10.3. The molecule has 1 amide bonds. The van der Waals surface area contributed by atoms with Gasteiger partial charge in [-0.2, -0.15) is 0 Å². The van der Waals surface area contributed by atoms with Crippen LogP contribution in [0.2, 0.25) is 0 Å². The van der Waals surface area contributed by atoms with E-state index in [9.17, 15) is 9.59 Å². The second-order valence-corrected chi connectivity index (χ2v) is 7.61. The number of para-hydroxylation sites is 1. The number of rotatable bonds is 5. The maximum atomic E-state index is 12.8. The zero-order valence-electron chi connectivity index (χ0n) is 18.0. The summed E-state index contributed by atoms with van der Waals surface area (Å²) < 4.78 is 16.4. The molecule has 31 heavy (non-hydrogen) atoms. The maximum Gasteiger partial charge on any atom is 0.375 e. The number of hydrogen-bond donors (Lipinski definition) is 0. The van der Waals surface area contributed by atoms with Crippen molar-refractivity contribution in [3.63, 3.8) is 0 Å². The molecule has 0 bridgehead atoms. The minimum Gasteiger partial charge on any atom is -0.497 e. The fraction of sp³-hybridized carbons (Fsp3) is 0.333. The molecule has 7 nitrogen and oxygen atoms in total. The first-order chi connectivity index (χ1) is 15.0. The van der Waals surface area contributed by atoms with Crippen LogP contribution in [0.25, 0.3) is 11.0 Å². The Morgan fingerprint density at radius 1 is 1.03 bits per heavy atom. The van der Waals surface area contributed by atoms with Gasteiger partial charge < -0.3 is 23.7 Å². The highest BCUT2D eigenvalue weighted by Gasteiger charge is 2.29. The zero-order valence-corrected chi connectivity index (χ0v) is 18.0. The number of fused-ring (bicyclic) bond motifs is 1. The molecule has 1 aliphatic heterocycles. The van der Waals surface area contributed by atoms with E-state index in [4.69, 9.17) is 13.9 Å². The molecule has 1 aliphatic rings. The van der Waals surface area contributed by atoms with E-state index in [1.54, 1.807) is 38.0 Å². The van der Waals surface area contributed by atoms with Crippen LogP contribution in [-0.4, -0.2) is 56.2 Å². The standard InChI is InChI=1S/C24H26N2O5/c1-16-20-15-19(29-3)9-10-21(20)31-22(16)24(28)30-17(2)23(27)26-13-11-25(12-14-26)18-7-5-4-6-8-18/h4-10,15,17H,11-14H2,1-3H3/t17-/m0/s1. The summed E-state index contributed by atoms with van der Waals surface area (Å²) in [6, 6.07) is 15.4. The summed E-state index contributed by atoms with van der Waals surface area (Å²) in [5.74, 6) is -0.0563. The van der Waals surface area contributed by atoms with Crippen LogP contribution in [0.1, 0.15) is 23.0 Å². The fourth-order valence-corrected chi connectivity index (χ4v) is 3.87. The van der Waals surface area contributed by atoms with Crippen molar-refractivity contribution in [3.8, 4) is 5.75 Å². The minimum atomic E-state index is -0.891. The Balaban J connectivity index is 1.38. The number of anilines is 1. The highest BCUT2D eigenvalue weighted by molar-refractivity contribution is 5.97. The molecule has 0 unspecified atom stereocenters. The van der Waals surface area contributed by atoms with Gasteiger partial charge in [0.2, 0.25) is 5.76 Å². The molecule has 3 aromatic rings. The summed E-state index contributed by atoms with van der Waals surface area (Å²) in [6.45, 7) is 6.03. The molecule has 162 valence electrons. The van der Waals surface area contributed by atoms with Crippen molar-refractivity contribution in [2.24, 2.45) is 0 Å². The third-order valence-electron chi connectivity index (χ3n) is 5.67. The Labute approximate surface area is 181 Å². The number of furan rings is 1. The number of aryl methyl sites for hydroxylation is 1. The highest BCUT2D eigenvalue weighted by atomic mass is 16.6. The van der Waals surface area contributed by atoms with E-state index in [2.05, 4.69) is 17.0 Å². The molecule has 2 heterocycles. The van der Waals surface area contributed by atoms with E-state index in [0.717, 1.165) is 24.2 Å². The molecule has 0 radical (unpaired) electrons. The van der Waals surface area contributed by atoms with E-state index < -0.39 is 12.1 Å². The Bertz CT molecular complexity index is 1080. The second kappa shape index (κ2) is 8.71. The fourth-order valence-electron chi connectivity index (χ4n) is 3.87. The number of nitrogens with zero attached hydrogens (tertiary/aromatic N) is 2. The van der Waals surface area contributed by atoms with Gasteiger partial charge in [0, 0.05) is 42.8 Å². The molecule has 2 aromatic carbocycles. The lowest BCUT2D eigenvalue weighted by Crippen LogP contribution is -2.51. The van der Waals surface area contributed by atoms with Crippen molar-refractivity contribution in [2.75, 3.05) is 38.2 Å². The van der Waals surface area contributed by atoms with Gasteiger partial charge in [-0.25, -0.2) is 4.79 Å². The normalized spacial score (nSPS) is 15.1. The van der Waals surface area contributed by atoms with Gasteiger partial charge >= 0.3 is 5.97 Å². The predicted octanol–water partition coefficient (Wildman–Crippen LogP) is 3.64. The number of piperazine rings is 1. The summed E-state index contributed by atoms with van der Waals surface area (Å²) in [6.07, 6.45) is -0.891. The summed E-state index contributed by atoms with van der Waals surface area (Å²) in [5.41, 5.74) is 2.38. The third kappa shape index (κ3) is 4.21. The van der Waals surface area contributed by atoms with Crippen molar-refractivity contribution in [1.29, 1.82) is 0 Å². The third-order valence-corrected chi connectivity index (χ3v) is 5.67. The van der Waals surface area contributed by atoms with Crippen LogP contribution in [0.3, 0.4) is 0 Å². The lowest BCUT2D eigenvalue weighted by atomic mass is 10.1. The molecule has 1 aromatic heterocycles. The Kier molecular flexibility index (Phi) is 5.84. The van der Waals surface area contributed by atoms with Gasteiger partial charge in [0.05, 0.1) is 7.11 Å². The van der Waals surface area contributed by atoms with Crippen LogP contribution in [0.5, 0.6) is 5.75 Å². The Hall–Kier alpha value is -3.48. The SMILES string of the molecule is COc1ccc2oc(C(=O)O[C@@H](C)C(=O)N3CCN(c4ccccc4)CC3)c(C)c2c1. The number of carbonyl (C=O) groups excluding carboxylic acids is 2. The first-order valence-corrected chi connectivity index (χ1v) is 10.3. The van der Waals surface area contributed by atoms with E-state index in [0.29, 0.717) is 30.0 Å². The van der Waals surface area contributed by atoms with E-state index in [-0.39, 0.29) is 11.7 Å². The number of ether oxygens (including phenoxy) is 2. The summed E-state index contributed by atoms with van der Waals surface area (Å²) in [4.78, 5) is 29.5. The van der Waals surface area contributed by atoms with Crippen molar-refractivity contribution in [2.45, 2.75) is 20.0 Å². The Morgan fingerprint density at radius 2 is 1.74 bits per heavy atom. The number of hydrogen-bond acceptors (Lipinski definition) is 6. The molecule has 1 atom stereocenters. The predicted molar refractivity (Wildman–Crippen MR) is 118 cm³/mol. The van der Waals surface area contributed by atoms with Crippen molar-refractivity contribution in [3.05, 3.63) is 59.9 Å². The van der Waals surface area contributed by atoms with Crippen molar-refractivity contribution < 1.29 is 23.5 Å². The molecule has 0 spiro atoms. The zero-order chi connectivity index (χ0) is 22.0. The number of esters is 1. The smallest absolute Gasteiger partial charge is 0.375 e. The summed E-state index contributed by atoms with van der Waals surface area (Å²) >= 11 is 0. The molecule has 0 aliphatic carbocycles. The topological polar surface area (TPSA) is 72.2 Å². The van der Waals surface area contributed by atoms with Gasteiger partial charge in [0.25, 0.3) is 5.91 Å². The van der Waals surface area contributed by atoms with Gasteiger partial charge in [-0.05, 0) is 44.2 Å². The molecule has 4 rings (SSSR count). The maximum absolute atomic E-state index is 12.8. The molecular weight excluding hydrogens is 396 g/mol. The van der Waals surface area contributed by atoms with Crippen molar-refractivity contribution in [1.82, 2.24) is 4.90 Å². The van der Waals surface area contributed by atoms with Crippen LogP contribution >= 0.6 is 0 Å². The molecule has 0 saturated carbocycles. The average Bonchev–Trinajstić information content (AvgIpc) is 3.15. The number of methoxy groups -OCH3 is 1. The summed E-state index contributed by atoms with van der Waals surface area (Å²) in [5, 5.41) is 0.780. The largest absolute Gasteiger partial charge is 0.497 e. The quantitative estimate of drug-likeness (QED) is 0.585. The average molecular weight is 422 g/mol. The number of amides is 1. The van der Waals surface area contributed by atoms with Crippen molar-refractivity contribution >= 4 is 28.5 Å². The van der Waals surface area contributed by atoms with Gasteiger partial charge in [-0.1, -0.05) is 18.2 Å². The van der Waals surface area contributed by atoms with E-state index in [1.807, 2.05) is 24.3 Å². The molecular formula is C24H26N2O5. The van der Waals surface area contributed by atoms with Crippen LogP contribution in [-0.2, 0) is 9.53 Å². The van der Waals surface area contributed by atoms with Crippen LogP contribution in [0, 0.1) is 6.92 Å². The lowest BCUT2D eigenvalue weighted by Gasteiger charge is -2.36. The van der Waals surface area contributed by atoms with Crippen LogP contribution < -0.4 is 9.64 Å². The number of carbonyl (C=O) groups is 2.